The van der Waals surface area contributed by atoms with Crippen molar-refractivity contribution in [2.24, 2.45) is 0 Å². The van der Waals surface area contributed by atoms with Gasteiger partial charge >= 0.3 is 0 Å². The molecule has 2 aromatic rings. The van der Waals surface area contributed by atoms with Gasteiger partial charge in [0.25, 0.3) is 0 Å². The third-order valence-electron chi connectivity index (χ3n) is 4.26. The molecule has 3 rings (SSSR count). The van der Waals surface area contributed by atoms with Gasteiger partial charge in [-0.15, -0.1) is 0 Å². The Labute approximate surface area is 117 Å². The van der Waals surface area contributed by atoms with Crippen molar-refractivity contribution in [2.75, 3.05) is 0 Å². The lowest BCUT2D eigenvalue weighted by Gasteiger charge is -2.26. The molecule has 0 unspecified atom stereocenters. The summed E-state index contributed by atoms with van der Waals surface area (Å²) in [6, 6.07) is 19.6. The molecule has 1 fully saturated rings. The first-order valence-electron chi connectivity index (χ1n) is 7.24. The van der Waals surface area contributed by atoms with Gasteiger partial charge in [0, 0.05) is 0 Å². The van der Waals surface area contributed by atoms with Crippen LogP contribution in [0.25, 0.3) is 11.1 Å². The highest BCUT2D eigenvalue weighted by Crippen LogP contribution is 2.37. The predicted octanol–water partition coefficient (Wildman–Crippen LogP) is 4.97. The first-order valence-corrected chi connectivity index (χ1v) is 7.24. The minimum atomic E-state index is 0.430. The molecule has 94 valence electrons. The van der Waals surface area contributed by atoms with E-state index in [0.29, 0.717) is 11.7 Å². The van der Waals surface area contributed by atoms with Gasteiger partial charge in [0.05, 0.1) is 7.85 Å². The van der Waals surface area contributed by atoms with Crippen molar-refractivity contribution < 1.29 is 0 Å². The first-order chi connectivity index (χ1) is 9.33. The largest absolute Gasteiger partial charge is 0.0773 e. The zero-order valence-corrected chi connectivity index (χ0v) is 11.3. The molecule has 0 aliphatic heterocycles. The second-order valence-corrected chi connectivity index (χ2v) is 5.60. The summed E-state index contributed by atoms with van der Waals surface area (Å²) >= 11 is 0. The molecule has 0 saturated heterocycles. The molecule has 0 nitrogen and oxygen atoms in total. The molecule has 19 heavy (non-hydrogen) atoms. The van der Waals surface area contributed by atoms with Gasteiger partial charge in [0.1, 0.15) is 0 Å². The molecule has 0 N–H and O–H groups in total. The fourth-order valence-corrected chi connectivity index (χ4v) is 3.03. The number of hydrogen-bond donors (Lipinski definition) is 0. The van der Waals surface area contributed by atoms with E-state index in [9.17, 15) is 0 Å². The van der Waals surface area contributed by atoms with E-state index >= 15 is 0 Å². The fourth-order valence-electron chi connectivity index (χ4n) is 3.03. The Morgan fingerprint density at radius 2 is 1.26 bits per heavy atom. The van der Waals surface area contributed by atoms with Gasteiger partial charge in [-0.3, -0.25) is 0 Å². The molecular formula is C18H19B. The van der Waals surface area contributed by atoms with E-state index in [1.165, 1.54) is 42.4 Å². The van der Waals surface area contributed by atoms with Crippen molar-refractivity contribution in [3.63, 3.8) is 0 Å². The topological polar surface area (TPSA) is 0 Å². The van der Waals surface area contributed by atoms with Gasteiger partial charge in [-0.2, -0.15) is 0 Å². The Kier molecular flexibility index (Phi) is 3.73. The molecule has 1 aliphatic rings. The van der Waals surface area contributed by atoms with Crippen LogP contribution in [-0.2, 0) is 0 Å². The van der Waals surface area contributed by atoms with E-state index in [4.69, 9.17) is 7.85 Å². The summed E-state index contributed by atoms with van der Waals surface area (Å²) in [7, 11) is 5.98. The van der Waals surface area contributed by atoms with E-state index in [2.05, 4.69) is 54.6 Å². The van der Waals surface area contributed by atoms with Crippen molar-refractivity contribution in [3.8, 4) is 11.1 Å². The second-order valence-electron chi connectivity index (χ2n) is 5.60. The second kappa shape index (κ2) is 5.65. The fraction of sp³-hybridized carbons (Fsp3) is 0.333. The highest BCUT2D eigenvalue weighted by molar-refractivity contribution is 6.11. The van der Waals surface area contributed by atoms with Crippen LogP contribution in [0.2, 0.25) is 5.82 Å². The summed E-state index contributed by atoms with van der Waals surface area (Å²) in [6.45, 7) is 0. The van der Waals surface area contributed by atoms with Crippen LogP contribution in [0.3, 0.4) is 0 Å². The Morgan fingerprint density at radius 3 is 1.89 bits per heavy atom. The third kappa shape index (κ3) is 2.92. The van der Waals surface area contributed by atoms with Crippen LogP contribution >= 0.6 is 0 Å². The maximum Gasteiger partial charge on any atom is 0.0699 e. The average Bonchev–Trinajstić information content (AvgIpc) is 2.49. The Bertz CT molecular complexity index is 507. The standard InChI is InChI=1S/C18H19B/c19-18-12-10-17(11-13-18)16-8-6-15(7-9-16)14-4-2-1-3-5-14/h1-9,17-18H,10-13H2. The molecule has 0 heterocycles. The molecule has 1 heteroatoms. The quantitative estimate of drug-likeness (QED) is 0.656. The zero-order chi connectivity index (χ0) is 13.1. The number of hydrogen-bond acceptors (Lipinski definition) is 0. The van der Waals surface area contributed by atoms with Gasteiger partial charge in [0.15, 0.2) is 0 Å². The van der Waals surface area contributed by atoms with Crippen LogP contribution in [0.15, 0.2) is 54.6 Å². The molecule has 1 aliphatic carbocycles. The van der Waals surface area contributed by atoms with Crippen LogP contribution in [0.5, 0.6) is 0 Å². The third-order valence-corrected chi connectivity index (χ3v) is 4.26. The van der Waals surface area contributed by atoms with Crippen LogP contribution < -0.4 is 0 Å². The van der Waals surface area contributed by atoms with Crippen molar-refractivity contribution in [3.05, 3.63) is 60.2 Å². The first kappa shape index (κ1) is 12.5. The van der Waals surface area contributed by atoms with Crippen molar-refractivity contribution >= 4 is 7.85 Å². The molecule has 2 radical (unpaired) electrons. The minimum Gasteiger partial charge on any atom is -0.0773 e. The molecule has 0 atom stereocenters. The maximum absolute atomic E-state index is 5.98. The van der Waals surface area contributed by atoms with E-state index < -0.39 is 0 Å². The Morgan fingerprint density at radius 1 is 0.684 bits per heavy atom. The van der Waals surface area contributed by atoms with Crippen molar-refractivity contribution in [1.29, 1.82) is 0 Å². The lowest BCUT2D eigenvalue weighted by molar-refractivity contribution is 0.444. The molecule has 0 bridgehead atoms. The zero-order valence-electron chi connectivity index (χ0n) is 11.3. The van der Waals surface area contributed by atoms with Crippen molar-refractivity contribution in [1.82, 2.24) is 0 Å². The lowest BCUT2D eigenvalue weighted by atomic mass is 9.70. The predicted molar refractivity (Wildman–Crippen MR) is 82.6 cm³/mol. The van der Waals surface area contributed by atoms with Gasteiger partial charge in [0.2, 0.25) is 0 Å². The van der Waals surface area contributed by atoms with Crippen LogP contribution in [0, 0.1) is 0 Å². The van der Waals surface area contributed by atoms with Gasteiger partial charge < -0.3 is 0 Å². The summed E-state index contributed by atoms with van der Waals surface area (Å²) in [5.41, 5.74) is 4.07. The maximum atomic E-state index is 5.98. The van der Waals surface area contributed by atoms with E-state index in [0.717, 1.165) is 0 Å². The molecule has 1 saturated carbocycles. The summed E-state index contributed by atoms with van der Waals surface area (Å²) in [5.74, 6) is 1.14. The molecular weight excluding hydrogens is 227 g/mol. The Hall–Kier alpha value is -1.50. The van der Waals surface area contributed by atoms with Gasteiger partial charge in [-0.1, -0.05) is 73.3 Å². The molecule has 0 aromatic heterocycles. The van der Waals surface area contributed by atoms with Crippen LogP contribution in [0.4, 0.5) is 0 Å². The van der Waals surface area contributed by atoms with E-state index in [1.807, 2.05) is 0 Å². The normalized spacial score (nSPS) is 23.2. The SMILES string of the molecule is [B]C1CCC(c2ccc(-c3ccccc3)cc2)CC1. The van der Waals surface area contributed by atoms with Gasteiger partial charge in [-0.25, -0.2) is 0 Å². The molecule has 2 aromatic carbocycles. The summed E-state index contributed by atoms with van der Waals surface area (Å²) < 4.78 is 0. The molecule has 0 spiro atoms. The average molecular weight is 246 g/mol. The smallest absolute Gasteiger partial charge is 0.0699 e. The number of rotatable bonds is 2. The molecule has 0 amide bonds. The monoisotopic (exact) mass is 246 g/mol. The van der Waals surface area contributed by atoms with E-state index in [-0.39, 0.29) is 0 Å². The highest BCUT2D eigenvalue weighted by atomic mass is 14.2. The minimum absolute atomic E-state index is 0.430. The summed E-state index contributed by atoms with van der Waals surface area (Å²) in [5, 5.41) is 0. The summed E-state index contributed by atoms with van der Waals surface area (Å²) in [6.07, 6.45) is 4.83. The highest BCUT2D eigenvalue weighted by Gasteiger charge is 2.19. The van der Waals surface area contributed by atoms with E-state index in [1.54, 1.807) is 0 Å². The van der Waals surface area contributed by atoms with Crippen molar-refractivity contribution in [2.45, 2.75) is 37.4 Å². The summed E-state index contributed by atoms with van der Waals surface area (Å²) in [4.78, 5) is 0. The van der Waals surface area contributed by atoms with Gasteiger partial charge in [-0.05, 0) is 35.4 Å². The lowest BCUT2D eigenvalue weighted by Crippen LogP contribution is -2.09. The van der Waals surface area contributed by atoms with Crippen LogP contribution in [0.1, 0.15) is 37.2 Å². The Balaban J connectivity index is 1.76. The number of benzene rings is 2. The van der Waals surface area contributed by atoms with Crippen LogP contribution in [-0.4, -0.2) is 7.85 Å².